The van der Waals surface area contributed by atoms with E-state index >= 15 is 0 Å². The molecule has 1 N–H and O–H groups in total. The van der Waals surface area contributed by atoms with E-state index in [4.69, 9.17) is 9.47 Å². The molecule has 0 radical (unpaired) electrons. The second-order valence-electron chi connectivity index (χ2n) is 4.30. The summed E-state index contributed by atoms with van der Waals surface area (Å²) in [5.74, 6) is -0.229. The third-order valence-electron chi connectivity index (χ3n) is 2.94. The van der Waals surface area contributed by atoms with Gasteiger partial charge in [-0.1, -0.05) is 0 Å². The molecule has 6 heteroatoms. The van der Waals surface area contributed by atoms with Crippen molar-refractivity contribution in [1.82, 2.24) is 10.2 Å². The Morgan fingerprint density at radius 2 is 2.11 bits per heavy atom. The van der Waals surface area contributed by atoms with Crippen LogP contribution in [0.15, 0.2) is 0 Å². The Hall–Kier alpha value is -0.980. The molecule has 0 aliphatic carbocycles. The Morgan fingerprint density at radius 1 is 1.33 bits per heavy atom. The maximum Gasteiger partial charge on any atom is 0.246 e. The summed E-state index contributed by atoms with van der Waals surface area (Å²) in [5.41, 5.74) is 0. The van der Waals surface area contributed by atoms with E-state index in [2.05, 4.69) is 5.32 Å². The van der Waals surface area contributed by atoms with Crippen molar-refractivity contribution in [1.29, 1.82) is 0 Å². The van der Waals surface area contributed by atoms with Crippen LogP contribution in [0.25, 0.3) is 0 Å². The zero-order valence-corrected chi connectivity index (χ0v) is 11.1. The number of hydrogen-bond donors (Lipinski definition) is 1. The van der Waals surface area contributed by atoms with Crippen LogP contribution in [0.5, 0.6) is 0 Å². The normalized spacial score (nSPS) is 20.6. The average molecular weight is 258 g/mol. The molecule has 1 aliphatic rings. The van der Waals surface area contributed by atoms with E-state index < -0.39 is 0 Å². The molecule has 0 aromatic carbocycles. The number of nitrogens with zero attached hydrogens (tertiary/aromatic N) is 1. The Kier molecular flexibility index (Phi) is 6.85. The second-order valence-corrected chi connectivity index (χ2v) is 4.30. The quantitative estimate of drug-likeness (QED) is 0.481. The zero-order valence-electron chi connectivity index (χ0n) is 11.1. The van der Waals surface area contributed by atoms with Gasteiger partial charge >= 0.3 is 0 Å². The summed E-state index contributed by atoms with van der Waals surface area (Å²) in [6.45, 7) is 2.55. The van der Waals surface area contributed by atoms with Crippen molar-refractivity contribution in [2.24, 2.45) is 0 Å². The van der Waals surface area contributed by atoms with E-state index in [1.165, 1.54) is 11.9 Å². The monoisotopic (exact) mass is 258 g/mol. The van der Waals surface area contributed by atoms with Gasteiger partial charge in [-0.2, -0.15) is 0 Å². The number of likely N-dealkylation sites (N-methyl/N-ethyl adjacent to an activating group) is 1. The number of imide groups is 1. The second kappa shape index (κ2) is 8.18. The summed E-state index contributed by atoms with van der Waals surface area (Å²) >= 11 is 0. The van der Waals surface area contributed by atoms with Crippen molar-refractivity contribution in [3.05, 3.63) is 0 Å². The molecule has 0 saturated carbocycles. The number of ether oxygens (including phenoxy) is 2. The molecule has 1 fully saturated rings. The standard InChI is InChI=1S/C12H22N2O4/c1-14-11(15)5-4-10(12(14)16)13-6-3-7-18-9-8-17-2/h10,13H,3-9H2,1-2H3. The van der Waals surface area contributed by atoms with Crippen molar-refractivity contribution >= 4 is 11.8 Å². The molecule has 0 aromatic heterocycles. The summed E-state index contributed by atoms with van der Waals surface area (Å²) in [7, 11) is 3.17. The highest BCUT2D eigenvalue weighted by Gasteiger charge is 2.30. The van der Waals surface area contributed by atoms with Gasteiger partial charge in [-0.05, 0) is 19.4 Å². The Bertz CT molecular complexity index is 283. The lowest BCUT2D eigenvalue weighted by Crippen LogP contribution is -2.51. The maximum absolute atomic E-state index is 11.7. The molecule has 0 aromatic rings. The van der Waals surface area contributed by atoms with Crippen LogP contribution in [-0.2, 0) is 19.1 Å². The highest BCUT2D eigenvalue weighted by atomic mass is 16.5. The lowest BCUT2D eigenvalue weighted by atomic mass is 10.0. The van der Waals surface area contributed by atoms with Crippen molar-refractivity contribution < 1.29 is 19.1 Å². The molecule has 1 unspecified atom stereocenters. The zero-order chi connectivity index (χ0) is 13.4. The van der Waals surface area contributed by atoms with Crippen LogP contribution >= 0.6 is 0 Å². The molecule has 1 atom stereocenters. The largest absolute Gasteiger partial charge is 0.382 e. The first-order valence-corrected chi connectivity index (χ1v) is 6.27. The van der Waals surface area contributed by atoms with Crippen LogP contribution in [-0.4, -0.2) is 63.3 Å². The van der Waals surface area contributed by atoms with Crippen LogP contribution in [0, 0.1) is 0 Å². The van der Waals surface area contributed by atoms with Gasteiger partial charge in [0.15, 0.2) is 0 Å². The highest BCUT2D eigenvalue weighted by Crippen LogP contribution is 2.11. The fourth-order valence-corrected chi connectivity index (χ4v) is 1.80. The number of piperidine rings is 1. The van der Waals surface area contributed by atoms with E-state index in [0.717, 1.165) is 6.42 Å². The van der Waals surface area contributed by atoms with Crippen molar-refractivity contribution in [3.63, 3.8) is 0 Å². The Labute approximate surface area is 108 Å². The number of hydrogen-bond acceptors (Lipinski definition) is 5. The number of amides is 2. The van der Waals surface area contributed by atoms with Crippen molar-refractivity contribution in [3.8, 4) is 0 Å². The lowest BCUT2D eigenvalue weighted by Gasteiger charge is -2.28. The minimum absolute atomic E-state index is 0.0963. The SMILES string of the molecule is COCCOCCCNC1CCC(=O)N(C)C1=O. The molecule has 1 saturated heterocycles. The van der Waals surface area contributed by atoms with E-state index in [9.17, 15) is 9.59 Å². The lowest BCUT2D eigenvalue weighted by molar-refractivity contribution is -0.148. The molecular formula is C12H22N2O4. The van der Waals surface area contributed by atoms with Gasteiger partial charge in [-0.3, -0.25) is 14.5 Å². The first-order chi connectivity index (χ1) is 8.66. The van der Waals surface area contributed by atoms with Crippen LogP contribution < -0.4 is 5.32 Å². The van der Waals surface area contributed by atoms with E-state index in [1.807, 2.05) is 0 Å². The summed E-state index contributed by atoms with van der Waals surface area (Å²) in [6.07, 6.45) is 1.86. The smallest absolute Gasteiger partial charge is 0.246 e. The fourth-order valence-electron chi connectivity index (χ4n) is 1.80. The number of carbonyl (C=O) groups is 2. The summed E-state index contributed by atoms with van der Waals surface area (Å²) in [5, 5.41) is 3.16. The highest BCUT2D eigenvalue weighted by molar-refractivity contribution is 6.00. The fraction of sp³-hybridized carbons (Fsp3) is 0.833. The third-order valence-corrected chi connectivity index (χ3v) is 2.94. The Morgan fingerprint density at radius 3 is 2.83 bits per heavy atom. The van der Waals surface area contributed by atoms with E-state index in [-0.39, 0.29) is 17.9 Å². The number of rotatable bonds is 8. The summed E-state index contributed by atoms with van der Waals surface area (Å²) in [4.78, 5) is 24.2. The minimum atomic E-state index is -0.230. The predicted molar refractivity (Wildman–Crippen MR) is 66.1 cm³/mol. The summed E-state index contributed by atoms with van der Waals surface area (Å²) < 4.78 is 10.2. The van der Waals surface area contributed by atoms with Gasteiger partial charge in [0.05, 0.1) is 19.3 Å². The van der Waals surface area contributed by atoms with Crippen LogP contribution in [0.2, 0.25) is 0 Å². The van der Waals surface area contributed by atoms with Crippen LogP contribution in [0.3, 0.4) is 0 Å². The average Bonchev–Trinajstić information content (AvgIpc) is 2.37. The maximum atomic E-state index is 11.7. The molecule has 18 heavy (non-hydrogen) atoms. The van der Waals surface area contributed by atoms with Gasteiger partial charge in [0.1, 0.15) is 0 Å². The molecule has 1 rings (SSSR count). The number of nitrogens with one attached hydrogen (secondary N) is 1. The minimum Gasteiger partial charge on any atom is -0.382 e. The number of likely N-dealkylation sites (tertiary alicyclic amines) is 1. The van der Waals surface area contributed by atoms with Crippen LogP contribution in [0.1, 0.15) is 19.3 Å². The molecular weight excluding hydrogens is 236 g/mol. The molecule has 2 amide bonds. The molecule has 104 valence electrons. The van der Waals surface area contributed by atoms with E-state index in [1.54, 1.807) is 7.11 Å². The molecule has 1 heterocycles. The molecule has 1 aliphatic heterocycles. The number of methoxy groups -OCH3 is 1. The molecule has 0 bridgehead atoms. The van der Waals surface area contributed by atoms with Crippen molar-refractivity contribution in [2.45, 2.75) is 25.3 Å². The summed E-state index contributed by atoms with van der Waals surface area (Å²) in [6, 6.07) is -0.230. The topological polar surface area (TPSA) is 67.9 Å². The van der Waals surface area contributed by atoms with Gasteiger partial charge in [0.2, 0.25) is 11.8 Å². The van der Waals surface area contributed by atoms with Gasteiger partial charge in [0.25, 0.3) is 0 Å². The van der Waals surface area contributed by atoms with Gasteiger partial charge in [-0.15, -0.1) is 0 Å². The van der Waals surface area contributed by atoms with Gasteiger partial charge in [0, 0.05) is 27.2 Å². The third kappa shape index (κ3) is 4.72. The predicted octanol–water partition coefficient (Wildman–Crippen LogP) is -0.223. The molecule has 6 nitrogen and oxygen atoms in total. The first kappa shape index (κ1) is 15.1. The van der Waals surface area contributed by atoms with Crippen LogP contribution in [0.4, 0.5) is 0 Å². The van der Waals surface area contributed by atoms with Gasteiger partial charge < -0.3 is 14.8 Å². The van der Waals surface area contributed by atoms with Gasteiger partial charge in [-0.25, -0.2) is 0 Å². The number of carbonyl (C=O) groups excluding carboxylic acids is 2. The molecule has 0 spiro atoms. The first-order valence-electron chi connectivity index (χ1n) is 6.27. The van der Waals surface area contributed by atoms with Crippen molar-refractivity contribution in [2.75, 3.05) is 40.5 Å². The van der Waals surface area contributed by atoms with E-state index in [0.29, 0.717) is 39.2 Å². The Balaban J connectivity index is 2.09.